The van der Waals surface area contributed by atoms with Crippen molar-refractivity contribution in [3.8, 4) is 0 Å². The molecule has 2 N–H and O–H groups in total. The van der Waals surface area contributed by atoms with E-state index in [1.54, 1.807) is 0 Å². The van der Waals surface area contributed by atoms with Crippen molar-refractivity contribution in [1.82, 2.24) is 9.78 Å². The molecule has 7 nitrogen and oxygen atoms in total. The normalized spacial score (nSPS) is 11.7. The van der Waals surface area contributed by atoms with Crippen molar-refractivity contribution in [2.75, 3.05) is 16.3 Å². The van der Waals surface area contributed by atoms with Crippen LogP contribution in [0.15, 0.2) is 18.2 Å². The maximum Gasteiger partial charge on any atom is 0.229 e. The number of carbonyl (C=O) groups excluding carboxylic acids is 1. The van der Waals surface area contributed by atoms with Crippen molar-refractivity contribution in [2.45, 2.75) is 40.7 Å². The van der Waals surface area contributed by atoms with E-state index in [0.717, 1.165) is 35.8 Å². The summed E-state index contributed by atoms with van der Waals surface area (Å²) in [6, 6.07) is 3.72. The lowest BCUT2D eigenvalue weighted by atomic mass is 10.1. The Labute approximate surface area is 159 Å². The van der Waals surface area contributed by atoms with E-state index in [-0.39, 0.29) is 18.0 Å². The summed E-state index contributed by atoms with van der Waals surface area (Å²) in [7, 11) is -3.63. The van der Waals surface area contributed by atoms with Gasteiger partial charge in [-0.05, 0) is 38.0 Å². The molecule has 27 heavy (non-hydrogen) atoms. The SMILES string of the molecule is Cc1nn(CC(C)C)c(C)c1CC(=O)Nc1ccc(F)c(NS(C)(=O)=O)c1. The highest BCUT2D eigenvalue weighted by Crippen LogP contribution is 2.21. The number of benzene rings is 1. The fourth-order valence-electron chi connectivity index (χ4n) is 2.76. The van der Waals surface area contributed by atoms with Gasteiger partial charge >= 0.3 is 0 Å². The van der Waals surface area contributed by atoms with Gasteiger partial charge in [0, 0.05) is 23.5 Å². The minimum Gasteiger partial charge on any atom is -0.326 e. The van der Waals surface area contributed by atoms with Crippen molar-refractivity contribution in [3.05, 3.63) is 41.0 Å². The zero-order chi connectivity index (χ0) is 20.4. The van der Waals surface area contributed by atoms with Gasteiger partial charge in [-0.1, -0.05) is 13.8 Å². The molecule has 0 aliphatic rings. The van der Waals surface area contributed by atoms with Gasteiger partial charge in [-0.3, -0.25) is 14.2 Å². The second-order valence-electron chi connectivity index (χ2n) is 7.02. The Hall–Kier alpha value is -2.42. The molecule has 2 rings (SSSR count). The van der Waals surface area contributed by atoms with E-state index in [0.29, 0.717) is 11.6 Å². The molecule has 148 valence electrons. The summed E-state index contributed by atoms with van der Waals surface area (Å²) in [5.41, 5.74) is 2.67. The summed E-state index contributed by atoms with van der Waals surface area (Å²) < 4.78 is 40.3. The zero-order valence-electron chi connectivity index (χ0n) is 16.1. The number of halogens is 1. The van der Waals surface area contributed by atoms with Crippen LogP contribution >= 0.6 is 0 Å². The number of sulfonamides is 1. The van der Waals surface area contributed by atoms with Crippen LogP contribution in [0.2, 0.25) is 0 Å². The monoisotopic (exact) mass is 396 g/mol. The number of amides is 1. The second kappa shape index (κ2) is 8.08. The number of hydrogen-bond donors (Lipinski definition) is 2. The Morgan fingerprint density at radius 2 is 1.96 bits per heavy atom. The lowest BCUT2D eigenvalue weighted by molar-refractivity contribution is -0.115. The van der Waals surface area contributed by atoms with E-state index in [1.165, 1.54) is 12.1 Å². The Balaban J connectivity index is 2.15. The van der Waals surface area contributed by atoms with Crippen LogP contribution in [0.4, 0.5) is 15.8 Å². The molecule has 1 amide bonds. The minimum atomic E-state index is -3.63. The van der Waals surface area contributed by atoms with Gasteiger partial charge in [-0.25, -0.2) is 12.8 Å². The van der Waals surface area contributed by atoms with Crippen LogP contribution in [0.1, 0.15) is 30.8 Å². The maximum absolute atomic E-state index is 13.7. The van der Waals surface area contributed by atoms with Crippen molar-refractivity contribution >= 4 is 27.3 Å². The number of anilines is 2. The summed E-state index contributed by atoms with van der Waals surface area (Å²) >= 11 is 0. The van der Waals surface area contributed by atoms with Crippen molar-refractivity contribution in [3.63, 3.8) is 0 Å². The molecule has 0 fully saturated rings. The quantitative estimate of drug-likeness (QED) is 0.753. The average molecular weight is 396 g/mol. The Kier molecular flexibility index (Phi) is 6.25. The molecule has 0 aliphatic heterocycles. The van der Waals surface area contributed by atoms with Gasteiger partial charge in [-0.15, -0.1) is 0 Å². The molecule has 1 heterocycles. The number of aryl methyl sites for hydroxylation is 1. The third-order valence-corrected chi connectivity index (χ3v) is 4.54. The molecule has 1 aromatic heterocycles. The standard InChI is InChI=1S/C18H25FN4O3S/c1-11(2)10-23-13(4)15(12(3)21-23)9-18(24)20-14-6-7-16(19)17(8-14)22-27(5,25)26/h6-8,11,22H,9-10H2,1-5H3,(H,20,24). The molecule has 0 aliphatic carbocycles. The summed E-state index contributed by atoms with van der Waals surface area (Å²) in [4.78, 5) is 12.4. The maximum atomic E-state index is 13.7. The van der Waals surface area contributed by atoms with Crippen LogP contribution in [0, 0.1) is 25.6 Å². The van der Waals surface area contributed by atoms with E-state index in [9.17, 15) is 17.6 Å². The summed E-state index contributed by atoms with van der Waals surface area (Å²) in [6.45, 7) is 8.75. The highest BCUT2D eigenvalue weighted by molar-refractivity contribution is 7.92. The zero-order valence-corrected chi connectivity index (χ0v) is 16.9. The molecule has 0 saturated heterocycles. The van der Waals surface area contributed by atoms with Crippen LogP contribution in [0.25, 0.3) is 0 Å². The first-order chi connectivity index (χ1) is 12.5. The second-order valence-corrected chi connectivity index (χ2v) is 8.77. The summed E-state index contributed by atoms with van der Waals surface area (Å²) in [5.74, 6) is -0.577. The number of aromatic nitrogens is 2. The topological polar surface area (TPSA) is 93.1 Å². The highest BCUT2D eigenvalue weighted by Gasteiger charge is 2.16. The molecule has 0 unspecified atom stereocenters. The minimum absolute atomic E-state index is 0.127. The van der Waals surface area contributed by atoms with Crippen LogP contribution in [-0.2, 0) is 27.8 Å². The Morgan fingerprint density at radius 1 is 1.30 bits per heavy atom. The molecule has 0 spiro atoms. The lowest BCUT2D eigenvalue weighted by Crippen LogP contribution is -2.16. The van der Waals surface area contributed by atoms with Crippen molar-refractivity contribution in [2.24, 2.45) is 5.92 Å². The molecule has 9 heteroatoms. The molecule has 1 aromatic carbocycles. The summed E-state index contributed by atoms with van der Waals surface area (Å²) in [5, 5.41) is 7.16. The first kappa shape index (κ1) is 20.9. The largest absolute Gasteiger partial charge is 0.326 e. The van der Waals surface area contributed by atoms with Gasteiger partial charge in [-0.2, -0.15) is 5.10 Å². The molecule has 0 bridgehead atoms. The highest BCUT2D eigenvalue weighted by atomic mass is 32.2. The van der Waals surface area contributed by atoms with Gasteiger partial charge in [0.25, 0.3) is 0 Å². The Morgan fingerprint density at radius 3 is 2.56 bits per heavy atom. The lowest BCUT2D eigenvalue weighted by Gasteiger charge is -2.10. The van der Waals surface area contributed by atoms with Gasteiger partial charge in [0.2, 0.25) is 15.9 Å². The van der Waals surface area contributed by atoms with Crippen LogP contribution in [0.3, 0.4) is 0 Å². The van der Waals surface area contributed by atoms with Gasteiger partial charge in [0.05, 0.1) is 24.1 Å². The number of nitrogens with one attached hydrogen (secondary N) is 2. The van der Waals surface area contributed by atoms with Crippen LogP contribution in [-0.4, -0.2) is 30.4 Å². The predicted molar refractivity (Wildman–Crippen MR) is 104 cm³/mol. The van der Waals surface area contributed by atoms with E-state index in [4.69, 9.17) is 0 Å². The van der Waals surface area contributed by atoms with E-state index >= 15 is 0 Å². The summed E-state index contributed by atoms with van der Waals surface area (Å²) in [6.07, 6.45) is 1.06. The first-order valence-corrected chi connectivity index (χ1v) is 10.5. The van der Waals surface area contributed by atoms with E-state index < -0.39 is 15.8 Å². The number of rotatable bonds is 7. The number of carbonyl (C=O) groups is 1. The average Bonchev–Trinajstić information content (AvgIpc) is 2.76. The van der Waals surface area contributed by atoms with Gasteiger partial charge in [0.1, 0.15) is 5.82 Å². The molecule has 0 radical (unpaired) electrons. The smallest absolute Gasteiger partial charge is 0.229 e. The van der Waals surface area contributed by atoms with Gasteiger partial charge < -0.3 is 5.32 Å². The van der Waals surface area contributed by atoms with Crippen molar-refractivity contribution < 1.29 is 17.6 Å². The molecular formula is C18H25FN4O3S. The third-order valence-electron chi connectivity index (χ3n) is 3.95. The number of nitrogens with zero attached hydrogens (tertiary/aromatic N) is 2. The Bertz CT molecular complexity index is 952. The first-order valence-electron chi connectivity index (χ1n) is 8.56. The molecule has 2 aromatic rings. The van der Waals surface area contributed by atoms with Crippen LogP contribution < -0.4 is 10.0 Å². The third kappa shape index (κ3) is 5.78. The predicted octanol–water partition coefficient (Wildman–Crippen LogP) is 2.85. The van der Waals surface area contributed by atoms with Gasteiger partial charge in [0.15, 0.2) is 0 Å². The van der Waals surface area contributed by atoms with E-state index in [2.05, 4.69) is 29.0 Å². The van der Waals surface area contributed by atoms with Crippen LogP contribution in [0.5, 0.6) is 0 Å². The molecule has 0 saturated carbocycles. The fraction of sp³-hybridized carbons (Fsp3) is 0.444. The molecular weight excluding hydrogens is 371 g/mol. The fourth-order valence-corrected chi connectivity index (χ4v) is 3.32. The number of hydrogen-bond acceptors (Lipinski definition) is 4. The van der Waals surface area contributed by atoms with E-state index in [1.807, 2.05) is 18.5 Å². The van der Waals surface area contributed by atoms with Crippen molar-refractivity contribution in [1.29, 1.82) is 0 Å². The molecule has 0 atom stereocenters.